The highest BCUT2D eigenvalue weighted by Gasteiger charge is 2.17. The van der Waals surface area contributed by atoms with Crippen molar-refractivity contribution in [3.63, 3.8) is 0 Å². The van der Waals surface area contributed by atoms with Crippen LogP contribution in [0.15, 0.2) is 59.1 Å². The highest BCUT2D eigenvalue weighted by molar-refractivity contribution is 9.10. The molecule has 0 aliphatic carbocycles. The predicted molar refractivity (Wildman–Crippen MR) is 116 cm³/mol. The molecular formula is C21H21BrN4O3. The van der Waals surface area contributed by atoms with E-state index in [0.29, 0.717) is 11.3 Å². The van der Waals surface area contributed by atoms with Gasteiger partial charge in [0.05, 0.1) is 11.7 Å². The minimum Gasteiger partial charge on any atom is -0.508 e. The summed E-state index contributed by atoms with van der Waals surface area (Å²) in [4.78, 5) is 17.3. The number of aliphatic hydroxyl groups excluding tert-OH is 1. The van der Waals surface area contributed by atoms with Gasteiger partial charge in [-0.2, -0.15) is 0 Å². The molecule has 2 aromatic carbocycles. The zero-order chi connectivity index (χ0) is 21.1. The third-order valence-corrected chi connectivity index (χ3v) is 5.15. The molecule has 0 aliphatic rings. The molecule has 1 amide bonds. The fourth-order valence-electron chi connectivity index (χ4n) is 2.98. The molecule has 0 saturated heterocycles. The number of pyridine rings is 1. The van der Waals surface area contributed by atoms with Crippen molar-refractivity contribution in [3.8, 4) is 5.75 Å². The first-order chi connectivity index (χ1) is 13.8. The second kappa shape index (κ2) is 8.50. The average Bonchev–Trinajstić information content (AvgIpc) is 2.68. The summed E-state index contributed by atoms with van der Waals surface area (Å²) >= 11 is 3.41. The van der Waals surface area contributed by atoms with Gasteiger partial charge < -0.3 is 26.6 Å². The molecule has 3 rings (SSSR count). The number of halogens is 1. The van der Waals surface area contributed by atoms with Gasteiger partial charge in [-0.15, -0.1) is 0 Å². The number of nitrogens with zero attached hydrogens (tertiary/aromatic N) is 2. The van der Waals surface area contributed by atoms with E-state index in [1.807, 2.05) is 36.2 Å². The lowest BCUT2D eigenvalue weighted by Crippen LogP contribution is -2.15. The summed E-state index contributed by atoms with van der Waals surface area (Å²) in [6.45, 7) is 0. The van der Waals surface area contributed by atoms with Crippen molar-refractivity contribution in [2.75, 3.05) is 17.7 Å². The minimum absolute atomic E-state index is 0.00939. The summed E-state index contributed by atoms with van der Waals surface area (Å²) in [6, 6.07) is 15.9. The molecule has 0 fully saturated rings. The quantitative estimate of drug-likeness (QED) is 0.450. The van der Waals surface area contributed by atoms with Crippen molar-refractivity contribution in [3.05, 3.63) is 75.9 Å². The first-order valence-electron chi connectivity index (χ1n) is 8.81. The van der Waals surface area contributed by atoms with E-state index in [1.165, 1.54) is 6.07 Å². The Balaban J connectivity index is 1.84. The summed E-state index contributed by atoms with van der Waals surface area (Å²) in [6.07, 6.45) is -0.901. The number of aliphatic hydroxyl groups is 1. The van der Waals surface area contributed by atoms with E-state index < -0.39 is 12.0 Å². The molecule has 6 N–H and O–H groups in total. The van der Waals surface area contributed by atoms with Crippen molar-refractivity contribution in [1.29, 1.82) is 0 Å². The van der Waals surface area contributed by atoms with Gasteiger partial charge in [0.25, 0.3) is 5.91 Å². The number of primary amides is 1. The third-order valence-electron chi connectivity index (χ3n) is 4.62. The topological polar surface area (TPSA) is 126 Å². The van der Waals surface area contributed by atoms with Gasteiger partial charge in [0.1, 0.15) is 11.6 Å². The largest absolute Gasteiger partial charge is 0.508 e. The zero-order valence-electron chi connectivity index (χ0n) is 15.7. The van der Waals surface area contributed by atoms with Crippen LogP contribution in [-0.2, 0) is 6.42 Å². The Bertz CT molecular complexity index is 1040. The summed E-state index contributed by atoms with van der Waals surface area (Å²) in [5.41, 5.74) is 13.7. The maximum absolute atomic E-state index is 11.3. The van der Waals surface area contributed by atoms with Gasteiger partial charge >= 0.3 is 0 Å². The van der Waals surface area contributed by atoms with Gasteiger partial charge in [-0.05, 0) is 54.6 Å². The Hall–Kier alpha value is -3.10. The number of aromatic nitrogens is 1. The second-order valence-electron chi connectivity index (χ2n) is 6.60. The summed E-state index contributed by atoms with van der Waals surface area (Å²) in [7, 11) is 1.90. The number of carbonyl (C=O) groups is 1. The number of rotatable bonds is 6. The maximum atomic E-state index is 11.3. The molecule has 1 aromatic heterocycles. The van der Waals surface area contributed by atoms with E-state index in [0.717, 1.165) is 15.8 Å². The first-order valence-corrected chi connectivity index (χ1v) is 9.61. The number of nitrogen functional groups attached to an aromatic ring is 1. The van der Waals surface area contributed by atoms with Gasteiger partial charge in [0, 0.05) is 40.6 Å². The molecule has 29 heavy (non-hydrogen) atoms. The van der Waals surface area contributed by atoms with Gasteiger partial charge in [-0.3, -0.25) is 4.79 Å². The van der Waals surface area contributed by atoms with Crippen LogP contribution in [0.1, 0.15) is 27.7 Å². The number of anilines is 3. The van der Waals surface area contributed by atoms with E-state index in [1.54, 1.807) is 24.3 Å². The van der Waals surface area contributed by atoms with Crippen LogP contribution < -0.4 is 16.4 Å². The highest BCUT2D eigenvalue weighted by atomic mass is 79.9. The molecule has 8 heteroatoms. The van der Waals surface area contributed by atoms with Crippen molar-refractivity contribution in [1.82, 2.24) is 4.98 Å². The lowest BCUT2D eigenvalue weighted by atomic mass is 10.0. The molecule has 7 nitrogen and oxygen atoms in total. The van der Waals surface area contributed by atoms with Crippen LogP contribution in [0.5, 0.6) is 5.75 Å². The molecule has 150 valence electrons. The molecule has 0 radical (unpaired) electrons. The van der Waals surface area contributed by atoms with Crippen LogP contribution in [0.2, 0.25) is 0 Å². The molecule has 0 spiro atoms. The smallest absolute Gasteiger partial charge is 0.252 e. The standard InChI is InChI=1S/C21H21BrN4O3/c1-26(14-5-2-12(22)3-6-14)15-7-9-18(27)17(11-15)19(28)10-13-4-8-16(21(24)29)20(23)25-13/h2-9,11,19,27-28H,10H2,1H3,(H2,23,25)(H2,24,29). The Labute approximate surface area is 176 Å². The summed E-state index contributed by atoms with van der Waals surface area (Å²) in [5.74, 6) is -0.675. The third kappa shape index (κ3) is 4.67. The molecular weight excluding hydrogens is 436 g/mol. The zero-order valence-corrected chi connectivity index (χ0v) is 17.3. The molecule has 0 bridgehead atoms. The normalized spacial score (nSPS) is 11.8. The van der Waals surface area contributed by atoms with Gasteiger partial charge in [0.15, 0.2) is 0 Å². The maximum Gasteiger partial charge on any atom is 0.252 e. The summed E-state index contributed by atoms with van der Waals surface area (Å²) in [5, 5.41) is 20.9. The van der Waals surface area contributed by atoms with Gasteiger partial charge in [-0.1, -0.05) is 15.9 Å². The molecule has 3 aromatic rings. The van der Waals surface area contributed by atoms with Crippen molar-refractivity contribution < 1.29 is 15.0 Å². The summed E-state index contributed by atoms with van der Waals surface area (Å²) < 4.78 is 0.977. The Kier molecular flexibility index (Phi) is 6.05. The van der Waals surface area contributed by atoms with E-state index in [-0.39, 0.29) is 23.6 Å². The van der Waals surface area contributed by atoms with Crippen molar-refractivity contribution >= 4 is 39.0 Å². The van der Waals surface area contributed by atoms with Crippen molar-refractivity contribution in [2.45, 2.75) is 12.5 Å². The Morgan fingerprint density at radius 3 is 2.41 bits per heavy atom. The van der Waals surface area contributed by atoms with E-state index in [9.17, 15) is 15.0 Å². The number of benzene rings is 2. The van der Waals surface area contributed by atoms with Gasteiger partial charge in [-0.25, -0.2) is 4.98 Å². The number of aromatic hydroxyl groups is 1. The minimum atomic E-state index is -1.01. The molecule has 1 unspecified atom stereocenters. The molecule has 0 aliphatic heterocycles. The number of phenolic OH excluding ortho intramolecular Hbond substituents is 1. The fraction of sp³-hybridized carbons (Fsp3) is 0.143. The lowest BCUT2D eigenvalue weighted by Gasteiger charge is -2.22. The highest BCUT2D eigenvalue weighted by Crippen LogP contribution is 2.33. The Morgan fingerprint density at radius 1 is 1.14 bits per heavy atom. The number of nitrogens with two attached hydrogens (primary N) is 2. The molecule has 1 atom stereocenters. The van der Waals surface area contributed by atoms with Crippen LogP contribution in [-0.4, -0.2) is 28.2 Å². The number of phenols is 1. The van der Waals surface area contributed by atoms with E-state index in [4.69, 9.17) is 11.5 Å². The number of carbonyl (C=O) groups excluding carboxylic acids is 1. The predicted octanol–water partition coefficient (Wildman–Crippen LogP) is 3.27. The van der Waals surface area contributed by atoms with Gasteiger partial charge in [0.2, 0.25) is 0 Å². The fourth-order valence-corrected chi connectivity index (χ4v) is 3.24. The molecule has 1 heterocycles. The van der Waals surface area contributed by atoms with Crippen LogP contribution >= 0.6 is 15.9 Å². The van der Waals surface area contributed by atoms with Crippen LogP contribution in [0, 0.1) is 0 Å². The lowest BCUT2D eigenvalue weighted by molar-refractivity contribution is 0.100. The van der Waals surface area contributed by atoms with Crippen LogP contribution in [0.3, 0.4) is 0 Å². The second-order valence-corrected chi connectivity index (χ2v) is 7.51. The van der Waals surface area contributed by atoms with E-state index in [2.05, 4.69) is 20.9 Å². The van der Waals surface area contributed by atoms with Crippen LogP contribution in [0.4, 0.5) is 17.2 Å². The van der Waals surface area contributed by atoms with E-state index >= 15 is 0 Å². The SMILES string of the molecule is CN(c1ccc(Br)cc1)c1ccc(O)c(C(O)Cc2ccc(C(N)=O)c(N)n2)c1. The Morgan fingerprint density at radius 2 is 1.79 bits per heavy atom. The average molecular weight is 457 g/mol. The van der Waals surface area contributed by atoms with Crippen LogP contribution in [0.25, 0.3) is 0 Å². The number of hydrogen-bond donors (Lipinski definition) is 4. The number of hydrogen-bond acceptors (Lipinski definition) is 6. The van der Waals surface area contributed by atoms with Crippen molar-refractivity contribution in [2.24, 2.45) is 5.73 Å². The molecule has 0 saturated carbocycles. The monoisotopic (exact) mass is 456 g/mol. The first kappa shape index (κ1) is 20.6. The number of amides is 1.